The van der Waals surface area contributed by atoms with E-state index >= 15 is 0 Å². The maximum Gasteiger partial charge on any atom is 0.222 e. The highest BCUT2D eigenvalue weighted by Gasteiger charge is 2.49. The van der Waals surface area contributed by atoms with E-state index < -0.39 is 5.54 Å². The van der Waals surface area contributed by atoms with Crippen molar-refractivity contribution in [3.05, 3.63) is 71.7 Å². The van der Waals surface area contributed by atoms with Gasteiger partial charge in [-0.15, -0.1) is 0 Å². The van der Waals surface area contributed by atoms with Crippen LogP contribution in [0.4, 0.5) is 4.39 Å². The number of amides is 1. The van der Waals surface area contributed by atoms with Crippen molar-refractivity contribution in [2.24, 2.45) is 0 Å². The van der Waals surface area contributed by atoms with Crippen molar-refractivity contribution < 1.29 is 13.9 Å². The molecule has 168 valence electrons. The number of nitrogens with one attached hydrogen (secondary N) is 1. The maximum atomic E-state index is 14.1. The van der Waals surface area contributed by atoms with Crippen molar-refractivity contribution >= 4 is 16.8 Å². The normalized spacial score (nSPS) is 24.4. The molecule has 0 unspecified atom stereocenters. The maximum absolute atomic E-state index is 14.1. The zero-order valence-electron chi connectivity index (χ0n) is 18.7. The third-order valence-corrected chi connectivity index (χ3v) is 6.86. The summed E-state index contributed by atoms with van der Waals surface area (Å²) in [5, 5.41) is 4.52. The molecule has 1 spiro atoms. The third kappa shape index (κ3) is 3.82. The lowest BCUT2D eigenvalue weighted by Crippen LogP contribution is -2.55. The summed E-state index contributed by atoms with van der Waals surface area (Å²) in [7, 11) is 0. The van der Waals surface area contributed by atoms with Gasteiger partial charge in [-0.25, -0.2) is 4.39 Å². The molecule has 0 radical (unpaired) electrons. The molecule has 2 atom stereocenters. The number of benzene rings is 2. The molecule has 3 heterocycles. The fraction of sp³-hybridized carbons (Fsp3) is 0.423. The van der Waals surface area contributed by atoms with Gasteiger partial charge < -0.3 is 14.6 Å². The van der Waals surface area contributed by atoms with Crippen molar-refractivity contribution in [2.45, 2.75) is 44.3 Å². The molecule has 2 fully saturated rings. The summed E-state index contributed by atoms with van der Waals surface area (Å²) in [4.78, 5) is 14.9. The summed E-state index contributed by atoms with van der Waals surface area (Å²) < 4.78 is 22.3. The van der Waals surface area contributed by atoms with E-state index in [1.165, 1.54) is 22.5 Å². The second-order valence-corrected chi connectivity index (χ2v) is 9.46. The highest BCUT2D eigenvalue weighted by molar-refractivity contribution is 5.84. The summed E-state index contributed by atoms with van der Waals surface area (Å²) in [6.45, 7) is 7.41. The standard InChI is InChI=1S/C26H30FN3O2/c1-18(2)30-14-20(22-8-3-4-9-24(22)30)13-29-15-23(19-6-5-7-21(27)12-19)26(16-29)17-32-11-10-25(31)28-26/h3-9,12,14,18,23H,10-11,13,15-17H2,1-2H3,(H,28,31)/t23-,26-/m0/s1. The first kappa shape index (κ1) is 21.2. The van der Waals surface area contributed by atoms with E-state index in [4.69, 9.17) is 4.74 Å². The van der Waals surface area contributed by atoms with Crippen molar-refractivity contribution in [1.82, 2.24) is 14.8 Å². The predicted molar refractivity (Wildman–Crippen MR) is 123 cm³/mol. The zero-order chi connectivity index (χ0) is 22.3. The van der Waals surface area contributed by atoms with Gasteiger partial charge in [0.1, 0.15) is 5.82 Å². The molecule has 5 rings (SSSR count). The Balaban J connectivity index is 1.50. The molecular weight excluding hydrogens is 405 g/mol. The molecule has 2 aliphatic heterocycles. The number of halogens is 1. The van der Waals surface area contributed by atoms with Gasteiger partial charge in [-0.3, -0.25) is 9.69 Å². The molecule has 32 heavy (non-hydrogen) atoms. The summed E-state index contributed by atoms with van der Waals surface area (Å²) in [6.07, 6.45) is 2.61. The topological polar surface area (TPSA) is 46.5 Å². The molecular formula is C26H30FN3O2. The van der Waals surface area contributed by atoms with Crippen LogP contribution in [-0.4, -0.2) is 47.2 Å². The Hall–Kier alpha value is -2.70. The summed E-state index contributed by atoms with van der Waals surface area (Å²) in [5.41, 5.74) is 2.85. The molecule has 0 aliphatic carbocycles. The Morgan fingerprint density at radius 3 is 2.88 bits per heavy atom. The van der Waals surface area contributed by atoms with Gasteiger partial charge >= 0.3 is 0 Å². The van der Waals surface area contributed by atoms with Gasteiger partial charge in [0.15, 0.2) is 0 Å². The third-order valence-electron chi connectivity index (χ3n) is 6.86. The second-order valence-electron chi connectivity index (χ2n) is 9.46. The predicted octanol–water partition coefficient (Wildman–Crippen LogP) is 4.24. The van der Waals surface area contributed by atoms with E-state index in [1.54, 1.807) is 12.1 Å². The molecule has 2 saturated heterocycles. The molecule has 2 aliphatic rings. The van der Waals surface area contributed by atoms with Crippen molar-refractivity contribution in [3.8, 4) is 0 Å². The average molecular weight is 436 g/mol. The molecule has 5 nitrogen and oxygen atoms in total. The first-order valence-electron chi connectivity index (χ1n) is 11.4. The van der Waals surface area contributed by atoms with Crippen molar-refractivity contribution in [2.75, 3.05) is 26.3 Å². The van der Waals surface area contributed by atoms with E-state index in [0.717, 1.165) is 18.7 Å². The number of para-hydroxylation sites is 1. The Kier molecular flexibility index (Phi) is 5.51. The van der Waals surface area contributed by atoms with Crippen LogP contribution in [0.1, 0.15) is 43.4 Å². The second kappa shape index (κ2) is 8.34. The number of hydrogen-bond donors (Lipinski definition) is 1. The Morgan fingerprint density at radius 2 is 2.06 bits per heavy atom. The first-order chi connectivity index (χ1) is 15.4. The minimum atomic E-state index is -0.558. The van der Waals surface area contributed by atoms with Crippen molar-refractivity contribution in [1.29, 1.82) is 0 Å². The van der Waals surface area contributed by atoms with E-state index in [1.807, 2.05) is 6.07 Å². The van der Waals surface area contributed by atoms with Crippen LogP contribution in [0.3, 0.4) is 0 Å². The van der Waals surface area contributed by atoms with Gasteiger partial charge in [-0.1, -0.05) is 30.3 Å². The van der Waals surface area contributed by atoms with Crippen LogP contribution in [0.2, 0.25) is 0 Å². The number of carbonyl (C=O) groups excluding carboxylic acids is 1. The Morgan fingerprint density at radius 1 is 1.22 bits per heavy atom. The van der Waals surface area contributed by atoms with Crippen LogP contribution in [-0.2, 0) is 16.1 Å². The number of carbonyl (C=O) groups is 1. The molecule has 6 heteroatoms. The van der Waals surface area contributed by atoms with Crippen LogP contribution in [0.25, 0.3) is 10.9 Å². The van der Waals surface area contributed by atoms with Gasteiger partial charge in [0, 0.05) is 55.1 Å². The lowest BCUT2D eigenvalue weighted by atomic mass is 9.82. The summed E-state index contributed by atoms with van der Waals surface area (Å²) in [5.74, 6) is -0.294. The molecule has 1 amide bonds. The number of likely N-dealkylation sites (tertiary alicyclic amines) is 1. The highest BCUT2D eigenvalue weighted by atomic mass is 19.1. The van der Waals surface area contributed by atoms with E-state index in [9.17, 15) is 9.18 Å². The van der Waals surface area contributed by atoms with E-state index in [-0.39, 0.29) is 17.6 Å². The molecule has 0 saturated carbocycles. The van der Waals surface area contributed by atoms with Crippen LogP contribution >= 0.6 is 0 Å². The molecule has 1 aromatic heterocycles. The average Bonchev–Trinajstić information content (AvgIpc) is 3.23. The number of fused-ring (bicyclic) bond motifs is 1. The highest BCUT2D eigenvalue weighted by Crippen LogP contribution is 2.39. The molecule has 2 aromatic carbocycles. The van der Waals surface area contributed by atoms with E-state index in [2.05, 4.69) is 59.1 Å². The van der Waals surface area contributed by atoms with Gasteiger partial charge in [0.05, 0.1) is 18.8 Å². The first-order valence-corrected chi connectivity index (χ1v) is 11.4. The zero-order valence-corrected chi connectivity index (χ0v) is 18.7. The van der Waals surface area contributed by atoms with Crippen molar-refractivity contribution in [3.63, 3.8) is 0 Å². The largest absolute Gasteiger partial charge is 0.378 e. The molecule has 0 bridgehead atoms. The van der Waals surface area contributed by atoms with Crippen LogP contribution in [0, 0.1) is 5.82 Å². The molecule has 1 N–H and O–H groups in total. The summed E-state index contributed by atoms with van der Waals surface area (Å²) >= 11 is 0. The number of aromatic nitrogens is 1. The van der Waals surface area contributed by atoms with Crippen LogP contribution in [0.5, 0.6) is 0 Å². The number of nitrogens with zero attached hydrogens (tertiary/aromatic N) is 2. The Labute approximate surface area is 188 Å². The fourth-order valence-electron chi connectivity index (χ4n) is 5.41. The lowest BCUT2D eigenvalue weighted by Gasteiger charge is -2.34. The molecule has 3 aromatic rings. The SMILES string of the molecule is CC(C)n1cc(CN2C[C@@H](c3cccc(F)c3)[C@@]3(COCCC(=O)N3)C2)c2ccccc21. The quantitative estimate of drug-likeness (QED) is 0.667. The van der Waals surface area contributed by atoms with Gasteiger partial charge in [-0.2, -0.15) is 0 Å². The number of rotatable bonds is 4. The number of ether oxygens (including phenoxy) is 1. The minimum absolute atomic E-state index is 0.00200. The fourth-order valence-corrected chi connectivity index (χ4v) is 5.41. The smallest absolute Gasteiger partial charge is 0.222 e. The van der Waals surface area contributed by atoms with Crippen LogP contribution < -0.4 is 5.32 Å². The van der Waals surface area contributed by atoms with Gasteiger partial charge in [-0.05, 0) is 43.2 Å². The van der Waals surface area contributed by atoms with Crippen LogP contribution in [0.15, 0.2) is 54.7 Å². The summed E-state index contributed by atoms with van der Waals surface area (Å²) in [6, 6.07) is 15.6. The van der Waals surface area contributed by atoms with E-state index in [0.29, 0.717) is 32.2 Å². The monoisotopic (exact) mass is 435 g/mol. The Bertz CT molecular complexity index is 1140. The lowest BCUT2D eigenvalue weighted by molar-refractivity contribution is -0.122. The minimum Gasteiger partial charge on any atom is -0.378 e. The number of hydrogen-bond acceptors (Lipinski definition) is 3. The van der Waals surface area contributed by atoms with Gasteiger partial charge in [0.2, 0.25) is 5.91 Å². The van der Waals surface area contributed by atoms with Gasteiger partial charge in [0.25, 0.3) is 0 Å².